The molecule has 3 nitrogen and oxygen atoms in total. The van der Waals surface area contributed by atoms with E-state index < -0.39 is 10.0 Å². The van der Waals surface area contributed by atoms with Crippen LogP contribution in [0.4, 0.5) is 0 Å². The van der Waals surface area contributed by atoms with E-state index in [2.05, 4.69) is 0 Å². The lowest BCUT2D eigenvalue weighted by Crippen LogP contribution is -2.35. The predicted octanol–water partition coefficient (Wildman–Crippen LogP) is 3.60. The van der Waals surface area contributed by atoms with E-state index in [1.54, 1.807) is 30.9 Å². The summed E-state index contributed by atoms with van der Waals surface area (Å²) in [7, 11) is -1.80. The van der Waals surface area contributed by atoms with E-state index in [0.717, 1.165) is 22.9 Å². The summed E-state index contributed by atoms with van der Waals surface area (Å²) < 4.78 is 27.2. The highest BCUT2D eigenvalue weighted by Gasteiger charge is 2.26. The van der Waals surface area contributed by atoms with Crippen molar-refractivity contribution in [3.63, 3.8) is 0 Å². The summed E-state index contributed by atoms with van der Waals surface area (Å²) in [6, 6.07) is 13.0. The maximum absolute atomic E-state index is 12.9. The van der Waals surface area contributed by atoms with Crippen molar-refractivity contribution in [3.8, 4) is 0 Å². The van der Waals surface area contributed by atoms with E-state index in [1.165, 1.54) is 4.31 Å². The molecule has 0 saturated heterocycles. The lowest BCUT2D eigenvalue weighted by Gasteiger charge is -2.24. The molecule has 0 radical (unpaired) electrons. The third-order valence-corrected chi connectivity index (χ3v) is 6.44. The second-order valence-electron chi connectivity index (χ2n) is 5.13. The molecule has 1 unspecified atom stereocenters. The molecule has 0 fully saturated rings. The molecule has 0 aliphatic rings. The number of nitrogens with zero attached hydrogens (tertiary/aromatic N) is 1. The molecule has 0 amide bonds. The third kappa shape index (κ3) is 3.42. The molecule has 5 heteroatoms. The summed E-state index contributed by atoms with van der Waals surface area (Å²) in [5.41, 5.74) is 0. The van der Waals surface area contributed by atoms with E-state index in [0.29, 0.717) is 4.90 Å². The molecule has 0 spiro atoms. The normalized spacial score (nSPS) is 13.7. The molecule has 0 aliphatic carbocycles. The minimum Gasteiger partial charge on any atom is -0.207 e. The molecule has 1 atom stereocenters. The van der Waals surface area contributed by atoms with Crippen molar-refractivity contribution in [2.75, 3.05) is 19.1 Å². The third-order valence-electron chi connectivity index (χ3n) is 3.77. The van der Waals surface area contributed by atoms with E-state index in [9.17, 15) is 8.42 Å². The second-order valence-corrected chi connectivity index (χ2v) is 8.08. The van der Waals surface area contributed by atoms with Crippen LogP contribution >= 0.6 is 11.8 Å². The summed E-state index contributed by atoms with van der Waals surface area (Å²) in [6.07, 6.45) is 2.88. The van der Waals surface area contributed by atoms with Crippen molar-refractivity contribution in [1.82, 2.24) is 4.31 Å². The quantitative estimate of drug-likeness (QED) is 0.815. The minimum absolute atomic E-state index is 0.0126. The summed E-state index contributed by atoms with van der Waals surface area (Å²) in [5.74, 6) is 0.955. The lowest BCUT2D eigenvalue weighted by molar-refractivity contribution is 0.383. The lowest BCUT2D eigenvalue weighted by atomic mass is 10.1. The van der Waals surface area contributed by atoms with Gasteiger partial charge in [-0.25, -0.2) is 8.42 Å². The Hall–Kier alpha value is -1.04. The van der Waals surface area contributed by atoms with Gasteiger partial charge in [0, 0.05) is 18.5 Å². The molecule has 114 valence electrons. The Labute approximate surface area is 131 Å². The maximum atomic E-state index is 12.9. The molecule has 2 aromatic carbocycles. The Morgan fingerprint density at radius 3 is 2.52 bits per heavy atom. The van der Waals surface area contributed by atoms with E-state index in [4.69, 9.17) is 0 Å². The topological polar surface area (TPSA) is 37.4 Å². The van der Waals surface area contributed by atoms with Crippen molar-refractivity contribution in [2.24, 2.45) is 0 Å². The molecular weight excluding hydrogens is 302 g/mol. The summed E-state index contributed by atoms with van der Waals surface area (Å²) in [4.78, 5) is 0.388. The SMILES string of the molecule is CSCCC(C)N(C)S(=O)(=O)c1cccc2ccccc12. The van der Waals surface area contributed by atoms with Crippen molar-refractivity contribution in [3.05, 3.63) is 42.5 Å². The van der Waals surface area contributed by atoms with Gasteiger partial charge in [-0.05, 0) is 36.8 Å². The Balaban J connectivity index is 2.42. The fourth-order valence-electron chi connectivity index (χ4n) is 2.28. The van der Waals surface area contributed by atoms with Gasteiger partial charge in [-0.2, -0.15) is 16.1 Å². The molecule has 0 aromatic heterocycles. The molecule has 0 bridgehead atoms. The maximum Gasteiger partial charge on any atom is 0.243 e. The van der Waals surface area contributed by atoms with Crippen molar-refractivity contribution in [1.29, 1.82) is 0 Å². The molecular formula is C16H21NO2S2. The summed E-state index contributed by atoms with van der Waals surface area (Å²) in [5, 5.41) is 1.73. The number of thioether (sulfide) groups is 1. The monoisotopic (exact) mass is 323 g/mol. The Morgan fingerprint density at radius 2 is 1.81 bits per heavy atom. The van der Waals surface area contributed by atoms with Crippen LogP contribution < -0.4 is 0 Å². The van der Waals surface area contributed by atoms with Crippen molar-refractivity contribution >= 4 is 32.6 Å². The Kier molecular flexibility index (Phi) is 5.30. The highest BCUT2D eigenvalue weighted by atomic mass is 32.2. The van der Waals surface area contributed by atoms with Crippen molar-refractivity contribution in [2.45, 2.75) is 24.3 Å². The molecule has 0 N–H and O–H groups in total. The van der Waals surface area contributed by atoms with Gasteiger partial charge in [0.2, 0.25) is 10.0 Å². The Morgan fingerprint density at radius 1 is 1.14 bits per heavy atom. The van der Waals surface area contributed by atoms with E-state index >= 15 is 0 Å². The first-order chi connectivity index (χ1) is 9.98. The van der Waals surface area contributed by atoms with Crippen LogP contribution in [0.25, 0.3) is 10.8 Å². The number of fused-ring (bicyclic) bond motifs is 1. The fourth-order valence-corrected chi connectivity index (χ4v) is 4.46. The molecule has 0 heterocycles. The average molecular weight is 323 g/mol. The number of rotatable bonds is 6. The van der Waals surface area contributed by atoms with Gasteiger partial charge in [-0.15, -0.1) is 0 Å². The smallest absolute Gasteiger partial charge is 0.207 e. The number of benzene rings is 2. The van der Waals surface area contributed by atoms with Crippen LogP contribution in [0.15, 0.2) is 47.4 Å². The second kappa shape index (κ2) is 6.81. The van der Waals surface area contributed by atoms with Crippen LogP contribution in [0.5, 0.6) is 0 Å². The highest BCUT2D eigenvalue weighted by molar-refractivity contribution is 7.98. The highest BCUT2D eigenvalue weighted by Crippen LogP contribution is 2.26. The van der Waals surface area contributed by atoms with Gasteiger partial charge < -0.3 is 0 Å². The van der Waals surface area contributed by atoms with Gasteiger partial charge in [-0.1, -0.05) is 36.4 Å². The molecule has 2 aromatic rings. The van der Waals surface area contributed by atoms with Gasteiger partial charge in [0.1, 0.15) is 0 Å². The fraction of sp³-hybridized carbons (Fsp3) is 0.375. The first-order valence-corrected chi connectivity index (χ1v) is 9.76. The van der Waals surface area contributed by atoms with Crippen molar-refractivity contribution < 1.29 is 8.42 Å². The minimum atomic E-state index is -3.47. The molecule has 0 aliphatic heterocycles. The number of hydrogen-bond donors (Lipinski definition) is 0. The predicted molar refractivity (Wildman–Crippen MR) is 91.4 cm³/mol. The van der Waals surface area contributed by atoms with Crippen LogP contribution in [0.1, 0.15) is 13.3 Å². The van der Waals surface area contributed by atoms with Crippen LogP contribution in [-0.2, 0) is 10.0 Å². The molecule has 0 saturated carbocycles. The standard InChI is InChI=1S/C16H21NO2S2/c1-13(11-12-20-3)17(2)21(18,19)16-10-6-8-14-7-4-5-9-15(14)16/h4-10,13H,11-12H2,1-3H3. The van der Waals surface area contributed by atoms with E-state index in [1.807, 2.05) is 43.5 Å². The first-order valence-electron chi connectivity index (χ1n) is 6.93. The number of hydrogen-bond acceptors (Lipinski definition) is 3. The van der Waals surface area contributed by atoms with E-state index in [-0.39, 0.29) is 6.04 Å². The largest absolute Gasteiger partial charge is 0.243 e. The van der Waals surface area contributed by atoms with Gasteiger partial charge in [0.05, 0.1) is 4.90 Å². The zero-order valence-electron chi connectivity index (χ0n) is 12.6. The van der Waals surface area contributed by atoms with Gasteiger partial charge in [0.15, 0.2) is 0 Å². The Bertz CT molecular complexity index is 708. The zero-order valence-corrected chi connectivity index (χ0v) is 14.2. The van der Waals surface area contributed by atoms with Gasteiger partial charge in [-0.3, -0.25) is 0 Å². The average Bonchev–Trinajstić information content (AvgIpc) is 2.51. The summed E-state index contributed by atoms with van der Waals surface area (Å²) in [6.45, 7) is 1.96. The van der Waals surface area contributed by atoms with Crippen LogP contribution in [-0.4, -0.2) is 37.8 Å². The summed E-state index contributed by atoms with van der Waals surface area (Å²) >= 11 is 1.73. The first kappa shape index (κ1) is 16.3. The molecule has 2 rings (SSSR count). The van der Waals surface area contributed by atoms with Crippen LogP contribution in [0.2, 0.25) is 0 Å². The van der Waals surface area contributed by atoms with Gasteiger partial charge in [0.25, 0.3) is 0 Å². The number of sulfonamides is 1. The van der Waals surface area contributed by atoms with Gasteiger partial charge >= 0.3 is 0 Å². The van der Waals surface area contributed by atoms with Crippen LogP contribution in [0.3, 0.4) is 0 Å². The van der Waals surface area contributed by atoms with Crippen LogP contribution in [0, 0.1) is 0 Å². The molecule has 21 heavy (non-hydrogen) atoms. The zero-order chi connectivity index (χ0) is 15.5.